The van der Waals surface area contributed by atoms with E-state index in [1.54, 1.807) is 6.92 Å². The summed E-state index contributed by atoms with van der Waals surface area (Å²) in [6.45, 7) is 5.65. The van der Waals surface area contributed by atoms with Crippen LogP contribution in [0.5, 0.6) is 0 Å². The molecule has 0 aliphatic heterocycles. The average Bonchev–Trinajstić information content (AvgIpc) is 2.34. The molecule has 0 fully saturated rings. The Morgan fingerprint density at radius 1 is 1.17 bits per heavy atom. The van der Waals surface area contributed by atoms with Gasteiger partial charge in [-0.15, -0.1) is 0 Å². The number of benzene rings is 1. The van der Waals surface area contributed by atoms with E-state index >= 15 is 0 Å². The minimum Gasteiger partial charge on any atom is -0.388 e. The number of unbranched alkanes of at least 4 members (excludes halogenated alkanes) is 1. The van der Waals surface area contributed by atoms with Gasteiger partial charge < -0.3 is 5.11 Å². The van der Waals surface area contributed by atoms with Crippen LogP contribution in [-0.4, -0.2) is 5.11 Å². The average molecular weight is 256 g/mol. The molecule has 0 radical (unpaired) electrons. The Labute approximate surface area is 108 Å². The van der Waals surface area contributed by atoms with Crippen molar-refractivity contribution in [3.63, 3.8) is 0 Å². The highest BCUT2D eigenvalue weighted by Gasteiger charge is 2.22. The van der Waals surface area contributed by atoms with Crippen LogP contribution in [0, 0.1) is 24.5 Å². The highest BCUT2D eigenvalue weighted by molar-refractivity contribution is 5.27. The van der Waals surface area contributed by atoms with Crippen LogP contribution >= 0.6 is 0 Å². The Hall–Kier alpha value is -0.960. The van der Waals surface area contributed by atoms with Gasteiger partial charge in [-0.2, -0.15) is 0 Å². The number of halogens is 2. The van der Waals surface area contributed by atoms with Gasteiger partial charge in [0.25, 0.3) is 0 Å². The minimum atomic E-state index is -0.846. The summed E-state index contributed by atoms with van der Waals surface area (Å²) in [6.07, 6.45) is 2.87. The van der Waals surface area contributed by atoms with Crippen molar-refractivity contribution >= 4 is 0 Å². The first-order valence-electron chi connectivity index (χ1n) is 6.64. The molecule has 0 aliphatic rings. The van der Waals surface area contributed by atoms with Gasteiger partial charge in [-0.05, 0) is 30.9 Å². The summed E-state index contributed by atoms with van der Waals surface area (Å²) in [5, 5.41) is 10.2. The maximum absolute atomic E-state index is 13.7. The number of aryl methyl sites for hydroxylation is 1. The normalized spacial score (nSPS) is 14.6. The third-order valence-corrected chi connectivity index (χ3v) is 3.50. The van der Waals surface area contributed by atoms with E-state index < -0.39 is 17.7 Å². The maximum atomic E-state index is 13.7. The lowest BCUT2D eigenvalue weighted by Crippen LogP contribution is -2.14. The molecule has 1 aromatic rings. The molecule has 1 N–H and O–H groups in total. The molecule has 0 spiro atoms. The van der Waals surface area contributed by atoms with Crippen molar-refractivity contribution in [2.45, 2.75) is 52.6 Å². The predicted molar refractivity (Wildman–Crippen MR) is 69.4 cm³/mol. The lowest BCUT2D eigenvalue weighted by Gasteiger charge is -2.22. The van der Waals surface area contributed by atoms with Crippen molar-refractivity contribution in [2.24, 2.45) is 5.92 Å². The molecule has 102 valence electrons. The lowest BCUT2D eigenvalue weighted by molar-refractivity contribution is 0.0952. The van der Waals surface area contributed by atoms with Gasteiger partial charge in [0, 0.05) is 11.6 Å². The fraction of sp³-hybridized carbons (Fsp3) is 0.600. The van der Waals surface area contributed by atoms with Crippen LogP contribution in [0.2, 0.25) is 0 Å². The summed E-state index contributed by atoms with van der Waals surface area (Å²) in [6, 6.07) is 2.28. The molecule has 0 heterocycles. The van der Waals surface area contributed by atoms with E-state index in [-0.39, 0.29) is 11.5 Å². The third-order valence-electron chi connectivity index (χ3n) is 3.50. The van der Waals surface area contributed by atoms with E-state index in [4.69, 9.17) is 0 Å². The Balaban J connectivity index is 2.94. The van der Waals surface area contributed by atoms with Gasteiger partial charge in [-0.25, -0.2) is 8.78 Å². The minimum absolute atomic E-state index is 0.0318. The molecule has 1 aromatic carbocycles. The molecule has 0 aromatic heterocycles. The fourth-order valence-corrected chi connectivity index (χ4v) is 2.21. The first-order valence-corrected chi connectivity index (χ1v) is 6.64. The van der Waals surface area contributed by atoms with Crippen molar-refractivity contribution in [3.8, 4) is 0 Å². The smallest absolute Gasteiger partial charge is 0.131 e. The van der Waals surface area contributed by atoms with Crippen LogP contribution < -0.4 is 0 Å². The lowest BCUT2D eigenvalue weighted by atomic mass is 9.88. The highest BCUT2D eigenvalue weighted by Crippen LogP contribution is 2.31. The Kier molecular flexibility index (Phi) is 5.73. The summed E-state index contributed by atoms with van der Waals surface area (Å²) < 4.78 is 26.9. The van der Waals surface area contributed by atoms with Crippen LogP contribution in [0.3, 0.4) is 0 Å². The van der Waals surface area contributed by atoms with E-state index in [9.17, 15) is 13.9 Å². The number of aliphatic hydroxyl groups excluding tert-OH is 1. The molecule has 1 nitrogen and oxygen atoms in total. The van der Waals surface area contributed by atoms with Crippen LogP contribution in [0.15, 0.2) is 12.1 Å². The third kappa shape index (κ3) is 3.52. The van der Waals surface area contributed by atoms with Gasteiger partial charge in [-0.1, -0.05) is 33.1 Å². The second-order valence-corrected chi connectivity index (χ2v) is 4.88. The largest absolute Gasteiger partial charge is 0.388 e. The quantitative estimate of drug-likeness (QED) is 0.793. The van der Waals surface area contributed by atoms with Gasteiger partial charge in [0.05, 0.1) is 6.10 Å². The second-order valence-electron chi connectivity index (χ2n) is 4.88. The molecule has 0 amide bonds. The first kappa shape index (κ1) is 15.1. The van der Waals surface area contributed by atoms with Gasteiger partial charge in [0.2, 0.25) is 0 Å². The summed E-state index contributed by atoms with van der Waals surface area (Å²) in [7, 11) is 0. The molecule has 2 atom stereocenters. The zero-order chi connectivity index (χ0) is 13.7. The van der Waals surface area contributed by atoms with E-state index in [0.717, 1.165) is 31.7 Å². The Bertz CT molecular complexity index is 390. The van der Waals surface area contributed by atoms with E-state index in [2.05, 4.69) is 6.92 Å². The number of rotatable bonds is 6. The van der Waals surface area contributed by atoms with E-state index in [1.165, 1.54) is 6.07 Å². The first-order chi connectivity index (χ1) is 8.51. The van der Waals surface area contributed by atoms with Crippen molar-refractivity contribution in [2.75, 3.05) is 0 Å². The zero-order valence-electron chi connectivity index (χ0n) is 11.3. The fourth-order valence-electron chi connectivity index (χ4n) is 2.21. The molecule has 0 aliphatic carbocycles. The monoisotopic (exact) mass is 256 g/mol. The van der Waals surface area contributed by atoms with Crippen LogP contribution in [-0.2, 0) is 0 Å². The van der Waals surface area contributed by atoms with Gasteiger partial charge in [0.1, 0.15) is 11.6 Å². The Morgan fingerprint density at radius 2 is 1.83 bits per heavy atom. The van der Waals surface area contributed by atoms with E-state index in [0.29, 0.717) is 5.56 Å². The van der Waals surface area contributed by atoms with Gasteiger partial charge >= 0.3 is 0 Å². The van der Waals surface area contributed by atoms with Crippen LogP contribution in [0.25, 0.3) is 0 Å². The number of hydrogen-bond acceptors (Lipinski definition) is 1. The topological polar surface area (TPSA) is 20.2 Å². The molecule has 18 heavy (non-hydrogen) atoms. The summed E-state index contributed by atoms with van der Waals surface area (Å²) >= 11 is 0. The molecule has 1 rings (SSSR count). The molecule has 0 bridgehead atoms. The van der Waals surface area contributed by atoms with Crippen molar-refractivity contribution < 1.29 is 13.9 Å². The molecule has 3 heteroatoms. The van der Waals surface area contributed by atoms with Gasteiger partial charge in [0.15, 0.2) is 0 Å². The molecule has 2 unspecified atom stereocenters. The SMILES string of the molecule is CCCCC(CC)C(O)c1cc(C)c(F)cc1F. The van der Waals surface area contributed by atoms with Crippen LogP contribution in [0.4, 0.5) is 8.78 Å². The van der Waals surface area contributed by atoms with Gasteiger partial charge in [-0.3, -0.25) is 0 Å². The van der Waals surface area contributed by atoms with Crippen molar-refractivity contribution in [1.82, 2.24) is 0 Å². The van der Waals surface area contributed by atoms with E-state index in [1.807, 2.05) is 6.92 Å². The van der Waals surface area contributed by atoms with Crippen molar-refractivity contribution in [1.29, 1.82) is 0 Å². The predicted octanol–water partition coefficient (Wildman–Crippen LogP) is 4.52. The molecule has 0 saturated carbocycles. The van der Waals surface area contributed by atoms with Crippen molar-refractivity contribution in [3.05, 3.63) is 34.9 Å². The standard InChI is InChI=1S/C15H22F2O/c1-4-6-7-11(5-2)15(18)12-8-10(3)13(16)9-14(12)17/h8-9,11,15,18H,4-7H2,1-3H3. The maximum Gasteiger partial charge on any atom is 0.131 e. The number of hydrogen-bond donors (Lipinski definition) is 1. The van der Waals surface area contributed by atoms with Crippen LogP contribution in [0.1, 0.15) is 56.8 Å². The Morgan fingerprint density at radius 3 is 2.39 bits per heavy atom. The summed E-state index contributed by atoms with van der Waals surface area (Å²) in [5.41, 5.74) is 0.590. The summed E-state index contributed by atoms with van der Waals surface area (Å²) in [5.74, 6) is -1.19. The molecular formula is C15H22F2O. The molecule has 0 saturated heterocycles. The second kappa shape index (κ2) is 6.83. The molecular weight excluding hydrogens is 234 g/mol. The highest BCUT2D eigenvalue weighted by atomic mass is 19.1. The summed E-state index contributed by atoms with van der Waals surface area (Å²) in [4.78, 5) is 0. The number of aliphatic hydroxyl groups is 1. The zero-order valence-corrected chi connectivity index (χ0v) is 11.3.